The maximum Gasteiger partial charge on any atom is 0.354 e. The van der Waals surface area contributed by atoms with Gasteiger partial charge < -0.3 is 24.4 Å². The Hall–Kier alpha value is -1.67. The molecule has 0 bridgehead atoms. The molecule has 2 atom stereocenters. The molecule has 0 amide bonds. The van der Waals surface area contributed by atoms with E-state index in [1.165, 1.54) is 0 Å². The van der Waals surface area contributed by atoms with E-state index in [2.05, 4.69) is 14.2 Å². The summed E-state index contributed by atoms with van der Waals surface area (Å²) in [7, 11) is 1.80. The Labute approximate surface area is 89.7 Å². The summed E-state index contributed by atoms with van der Waals surface area (Å²) in [6, 6.07) is 0. The zero-order valence-corrected chi connectivity index (χ0v) is 8.55. The third-order valence-electron chi connectivity index (χ3n) is 2.31. The molecule has 0 saturated carbocycles. The van der Waals surface area contributed by atoms with Crippen LogP contribution in [-0.2, 0) is 28.6 Å². The van der Waals surface area contributed by atoms with Crippen LogP contribution in [0.15, 0.2) is 0 Å². The van der Waals surface area contributed by atoms with E-state index in [9.17, 15) is 24.6 Å². The number of carbonyl (C=O) groups is 3. The van der Waals surface area contributed by atoms with Crippen molar-refractivity contribution in [2.75, 3.05) is 20.8 Å². The van der Waals surface area contributed by atoms with Crippen LogP contribution in [0.2, 0.25) is 0 Å². The number of esters is 3. The summed E-state index contributed by atoms with van der Waals surface area (Å²) in [4.78, 5) is 33.7. The van der Waals surface area contributed by atoms with Crippen LogP contribution in [0, 0.1) is 0 Å². The molecule has 16 heavy (non-hydrogen) atoms. The van der Waals surface area contributed by atoms with E-state index in [1.54, 1.807) is 0 Å². The average molecular weight is 234 g/mol. The normalized spacial score (nSPS) is 33.1. The maximum absolute atomic E-state index is 11.2. The van der Waals surface area contributed by atoms with Crippen molar-refractivity contribution in [3.8, 4) is 0 Å². The molecule has 0 spiro atoms. The van der Waals surface area contributed by atoms with Crippen LogP contribution in [0.4, 0.5) is 0 Å². The van der Waals surface area contributed by atoms with Gasteiger partial charge in [0, 0.05) is 0 Å². The molecule has 1 heterocycles. The first-order valence-corrected chi connectivity index (χ1v) is 4.13. The van der Waals surface area contributed by atoms with Crippen molar-refractivity contribution in [1.29, 1.82) is 0 Å². The molecule has 1 rings (SSSR count). The summed E-state index contributed by atoms with van der Waals surface area (Å²) in [5.41, 5.74) is -5.90. The van der Waals surface area contributed by atoms with Crippen LogP contribution in [0.25, 0.3) is 0 Å². The predicted molar refractivity (Wildman–Crippen MR) is 44.9 cm³/mol. The molecule has 1 aliphatic rings. The summed E-state index contributed by atoms with van der Waals surface area (Å²) in [5, 5.41) is 19.5. The molecule has 0 aromatic rings. The van der Waals surface area contributed by atoms with Gasteiger partial charge in [0.2, 0.25) is 5.60 Å². The molecule has 90 valence electrons. The van der Waals surface area contributed by atoms with Crippen LogP contribution < -0.4 is 0 Å². The molecule has 1 fully saturated rings. The Morgan fingerprint density at radius 2 is 1.75 bits per heavy atom. The molecule has 0 aliphatic carbocycles. The number of hydrogen-bond acceptors (Lipinski definition) is 8. The van der Waals surface area contributed by atoms with Crippen molar-refractivity contribution in [2.45, 2.75) is 11.2 Å². The molecule has 2 N–H and O–H groups in total. The fourth-order valence-corrected chi connectivity index (χ4v) is 1.32. The van der Waals surface area contributed by atoms with E-state index in [-0.39, 0.29) is 0 Å². The Balaban J connectivity index is 3.26. The van der Waals surface area contributed by atoms with Crippen molar-refractivity contribution in [2.24, 2.45) is 0 Å². The number of ether oxygens (including phenoxy) is 3. The van der Waals surface area contributed by atoms with Crippen LogP contribution in [0.5, 0.6) is 0 Å². The summed E-state index contributed by atoms with van der Waals surface area (Å²) in [6.45, 7) is -0.885. The lowest BCUT2D eigenvalue weighted by molar-refractivity contribution is -0.201. The van der Waals surface area contributed by atoms with E-state index in [1.807, 2.05) is 0 Å². The molecule has 8 nitrogen and oxygen atoms in total. The summed E-state index contributed by atoms with van der Waals surface area (Å²) < 4.78 is 12.6. The first-order valence-electron chi connectivity index (χ1n) is 4.13. The van der Waals surface area contributed by atoms with Crippen LogP contribution in [0.3, 0.4) is 0 Å². The highest BCUT2D eigenvalue weighted by molar-refractivity contribution is 6.11. The smallest absolute Gasteiger partial charge is 0.354 e. The van der Waals surface area contributed by atoms with E-state index in [0.29, 0.717) is 0 Å². The van der Waals surface area contributed by atoms with E-state index < -0.39 is 35.7 Å². The van der Waals surface area contributed by atoms with Gasteiger partial charge in [-0.05, 0) is 0 Å². The fraction of sp³-hybridized carbons (Fsp3) is 0.625. The first-order chi connectivity index (χ1) is 7.34. The van der Waals surface area contributed by atoms with Gasteiger partial charge in [-0.3, -0.25) is 0 Å². The minimum Gasteiger partial charge on any atom is -0.467 e. The second-order valence-corrected chi connectivity index (χ2v) is 3.13. The third-order valence-corrected chi connectivity index (χ3v) is 2.31. The van der Waals surface area contributed by atoms with Crippen molar-refractivity contribution < 1.29 is 38.8 Å². The Bertz CT molecular complexity index is 350. The minimum atomic E-state index is -3.10. The number of cyclic esters (lactones) is 1. The van der Waals surface area contributed by atoms with Gasteiger partial charge in [-0.1, -0.05) is 0 Å². The number of methoxy groups -OCH3 is 2. The minimum absolute atomic E-state index is 0.879. The summed E-state index contributed by atoms with van der Waals surface area (Å²) >= 11 is 0. The summed E-state index contributed by atoms with van der Waals surface area (Å²) in [6.07, 6.45) is 0. The van der Waals surface area contributed by atoms with Gasteiger partial charge in [0.25, 0.3) is 0 Å². The van der Waals surface area contributed by atoms with Crippen LogP contribution in [0.1, 0.15) is 0 Å². The van der Waals surface area contributed by atoms with Crippen molar-refractivity contribution >= 4 is 17.9 Å². The predicted octanol–water partition coefficient (Wildman–Crippen LogP) is -2.65. The number of aliphatic hydroxyl groups is 2. The molecule has 0 aromatic heterocycles. The Morgan fingerprint density at radius 3 is 2.19 bits per heavy atom. The largest absolute Gasteiger partial charge is 0.467 e. The first kappa shape index (κ1) is 12.4. The molecule has 1 saturated heterocycles. The quantitative estimate of drug-likeness (QED) is 0.302. The average Bonchev–Trinajstić information content (AvgIpc) is 2.53. The fourth-order valence-electron chi connectivity index (χ4n) is 1.32. The molecule has 0 aromatic carbocycles. The van der Waals surface area contributed by atoms with Crippen LogP contribution in [-0.4, -0.2) is 60.1 Å². The third kappa shape index (κ3) is 1.27. The monoisotopic (exact) mass is 234 g/mol. The second kappa shape index (κ2) is 3.72. The van der Waals surface area contributed by atoms with Crippen molar-refractivity contribution in [1.82, 2.24) is 0 Å². The van der Waals surface area contributed by atoms with E-state index >= 15 is 0 Å². The molecule has 1 aliphatic heterocycles. The molecule has 0 unspecified atom stereocenters. The molecular weight excluding hydrogens is 224 g/mol. The van der Waals surface area contributed by atoms with Crippen molar-refractivity contribution in [3.05, 3.63) is 0 Å². The van der Waals surface area contributed by atoms with Gasteiger partial charge in [0.05, 0.1) is 14.2 Å². The highest BCUT2D eigenvalue weighted by atomic mass is 16.6. The lowest BCUT2D eigenvalue weighted by atomic mass is 9.85. The highest BCUT2D eigenvalue weighted by Crippen LogP contribution is 2.33. The molecular formula is C8H10O8. The van der Waals surface area contributed by atoms with E-state index in [0.717, 1.165) is 14.2 Å². The Kier molecular flexibility index (Phi) is 2.89. The number of hydrogen-bond donors (Lipinski definition) is 2. The second-order valence-electron chi connectivity index (χ2n) is 3.13. The molecule has 0 radical (unpaired) electrons. The lowest BCUT2D eigenvalue weighted by Gasteiger charge is -2.27. The van der Waals surface area contributed by atoms with Gasteiger partial charge >= 0.3 is 23.5 Å². The standard InChI is InChI=1S/C8H10O8/c1-14-4(9)7(12)3-16-6(11)8(7,13)5(10)15-2/h12-13H,3H2,1-2H3/t7-,8-/m0/s1. The van der Waals surface area contributed by atoms with Gasteiger partial charge in [-0.25, -0.2) is 14.4 Å². The summed E-state index contributed by atoms with van der Waals surface area (Å²) in [5.74, 6) is -4.33. The number of carbonyl (C=O) groups excluding carboxylic acids is 3. The number of rotatable bonds is 2. The molecule has 8 heteroatoms. The van der Waals surface area contributed by atoms with E-state index in [4.69, 9.17) is 0 Å². The van der Waals surface area contributed by atoms with Gasteiger partial charge in [0.15, 0.2) is 0 Å². The van der Waals surface area contributed by atoms with Crippen molar-refractivity contribution in [3.63, 3.8) is 0 Å². The topological polar surface area (TPSA) is 119 Å². The zero-order valence-electron chi connectivity index (χ0n) is 8.55. The van der Waals surface area contributed by atoms with Gasteiger partial charge in [0.1, 0.15) is 6.61 Å². The van der Waals surface area contributed by atoms with Gasteiger partial charge in [-0.2, -0.15) is 0 Å². The SMILES string of the molecule is COC(=O)[C@]1(O)C(=O)OC[C@]1(O)C(=O)OC. The van der Waals surface area contributed by atoms with Gasteiger partial charge in [-0.15, -0.1) is 0 Å². The van der Waals surface area contributed by atoms with Crippen LogP contribution >= 0.6 is 0 Å². The maximum atomic E-state index is 11.2. The zero-order chi connectivity index (χ0) is 12.6. The Morgan fingerprint density at radius 1 is 1.25 bits per heavy atom. The highest BCUT2D eigenvalue weighted by Gasteiger charge is 2.72. The lowest BCUT2D eigenvalue weighted by Crippen LogP contribution is -2.65.